The molecule has 0 bridgehead atoms. The fraction of sp³-hybridized carbons (Fsp3) is 0.312. The number of primary amides is 1. The summed E-state index contributed by atoms with van der Waals surface area (Å²) in [5, 5.41) is 3.39. The van der Waals surface area contributed by atoms with Gasteiger partial charge in [-0.3, -0.25) is 4.79 Å². The highest BCUT2D eigenvalue weighted by Gasteiger charge is 2.05. The molecule has 4 heteroatoms. The van der Waals surface area contributed by atoms with E-state index in [1.165, 1.54) is 17.0 Å². The van der Waals surface area contributed by atoms with Crippen LogP contribution in [0.3, 0.4) is 0 Å². The number of nitrogens with two attached hydrogens (primary N) is 1. The third-order valence-electron chi connectivity index (χ3n) is 3.70. The summed E-state index contributed by atoms with van der Waals surface area (Å²) >= 11 is 0. The highest BCUT2D eigenvalue weighted by Crippen LogP contribution is 2.16. The van der Waals surface area contributed by atoms with Crippen LogP contribution < -0.4 is 11.1 Å². The maximum atomic E-state index is 10.8. The number of aryl methyl sites for hydroxylation is 1. The van der Waals surface area contributed by atoms with Gasteiger partial charge in [0.05, 0.1) is 6.42 Å². The third-order valence-corrected chi connectivity index (χ3v) is 3.70. The zero-order valence-corrected chi connectivity index (χ0v) is 12.2. The smallest absolute Gasteiger partial charge is 0.221 e. The average Bonchev–Trinajstić information content (AvgIpc) is 2.65. The number of hydrogen-bond acceptors (Lipinski definition) is 2. The molecule has 0 saturated carbocycles. The maximum absolute atomic E-state index is 10.8. The monoisotopic (exact) mass is 271 g/mol. The Morgan fingerprint density at radius 2 is 1.90 bits per heavy atom. The molecule has 3 N–H and O–H groups in total. The zero-order valence-electron chi connectivity index (χ0n) is 12.2. The van der Waals surface area contributed by atoms with Crippen molar-refractivity contribution in [2.24, 2.45) is 12.8 Å². The number of carbonyl (C=O) groups is 1. The second-order valence-electron chi connectivity index (χ2n) is 5.15. The Morgan fingerprint density at radius 3 is 2.40 bits per heavy atom. The number of hydrogen-bond donors (Lipinski definition) is 2. The molecule has 0 spiro atoms. The van der Waals surface area contributed by atoms with Crippen molar-refractivity contribution in [3.63, 3.8) is 0 Å². The summed E-state index contributed by atoms with van der Waals surface area (Å²) < 4.78 is 2.19. The van der Waals surface area contributed by atoms with E-state index >= 15 is 0 Å². The molecule has 4 nitrogen and oxygen atoms in total. The van der Waals surface area contributed by atoms with E-state index in [0.717, 1.165) is 17.8 Å². The van der Waals surface area contributed by atoms with Crippen LogP contribution in [-0.4, -0.2) is 10.5 Å². The second-order valence-corrected chi connectivity index (χ2v) is 5.15. The molecule has 2 aromatic rings. The molecule has 0 atom stereocenters. The molecule has 1 heterocycles. The van der Waals surface area contributed by atoms with Gasteiger partial charge in [-0.2, -0.15) is 0 Å². The van der Waals surface area contributed by atoms with E-state index in [2.05, 4.69) is 36.8 Å². The molecular formula is C16H21N3O. The zero-order chi connectivity index (χ0) is 14.7. The topological polar surface area (TPSA) is 60.0 Å². The van der Waals surface area contributed by atoms with Crippen LogP contribution in [0.25, 0.3) is 0 Å². The lowest BCUT2D eigenvalue weighted by atomic mass is 10.1. The van der Waals surface area contributed by atoms with E-state index in [0.29, 0.717) is 0 Å². The average molecular weight is 271 g/mol. The van der Waals surface area contributed by atoms with Crippen LogP contribution in [-0.2, 0) is 24.8 Å². The van der Waals surface area contributed by atoms with Gasteiger partial charge in [0.25, 0.3) is 0 Å². The van der Waals surface area contributed by atoms with E-state index in [1.54, 1.807) is 0 Å². The van der Waals surface area contributed by atoms with E-state index in [1.807, 2.05) is 24.3 Å². The quantitative estimate of drug-likeness (QED) is 0.876. The lowest BCUT2D eigenvalue weighted by Gasteiger charge is -2.07. The van der Waals surface area contributed by atoms with Crippen LogP contribution in [0.5, 0.6) is 0 Å². The highest BCUT2D eigenvalue weighted by atomic mass is 16.1. The molecular weight excluding hydrogens is 250 g/mol. The van der Waals surface area contributed by atoms with Gasteiger partial charge >= 0.3 is 0 Å². The van der Waals surface area contributed by atoms with Gasteiger partial charge in [0, 0.05) is 30.7 Å². The number of benzene rings is 1. The van der Waals surface area contributed by atoms with Crippen molar-refractivity contribution >= 4 is 11.6 Å². The van der Waals surface area contributed by atoms with Crippen LogP contribution in [0.2, 0.25) is 0 Å². The van der Waals surface area contributed by atoms with Crippen molar-refractivity contribution in [2.45, 2.75) is 26.8 Å². The Labute approximate surface area is 119 Å². The van der Waals surface area contributed by atoms with Gasteiger partial charge in [-0.1, -0.05) is 12.1 Å². The lowest BCUT2D eigenvalue weighted by Crippen LogP contribution is -2.13. The normalized spacial score (nSPS) is 10.6. The SMILES string of the molecule is Cc1cc(CNc2ccc(CC(N)=O)cc2)c(C)n1C. The first-order valence-corrected chi connectivity index (χ1v) is 6.70. The Morgan fingerprint density at radius 1 is 1.25 bits per heavy atom. The van der Waals surface area contributed by atoms with Crippen molar-refractivity contribution in [2.75, 3.05) is 5.32 Å². The molecule has 0 saturated heterocycles. The van der Waals surface area contributed by atoms with Gasteiger partial charge in [0.15, 0.2) is 0 Å². The van der Waals surface area contributed by atoms with E-state index in [9.17, 15) is 4.79 Å². The van der Waals surface area contributed by atoms with Gasteiger partial charge in [-0.25, -0.2) is 0 Å². The Hall–Kier alpha value is -2.23. The Balaban J connectivity index is 2.00. The number of amides is 1. The number of nitrogens with zero attached hydrogens (tertiary/aromatic N) is 1. The number of aromatic nitrogens is 1. The molecule has 1 amide bonds. The molecule has 20 heavy (non-hydrogen) atoms. The predicted molar refractivity (Wildman–Crippen MR) is 81.6 cm³/mol. The first-order valence-electron chi connectivity index (χ1n) is 6.70. The lowest BCUT2D eigenvalue weighted by molar-refractivity contribution is -0.117. The van der Waals surface area contributed by atoms with E-state index in [-0.39, 0.29) is 12.3 Å². The molecule has 106 valence electrons. The number of anilines is 1. The van der Waals surface area contributed by atoms with Gasteiger partial charge < -0.3 is 15.6 Å². The van der Waals surface area contributed by atoms with Crippen LogP contribution in [0.1, 0.15) is 22.5 Å². The van der Waals surface area contributed by atoms with Crippen LogP contribution >= 0.6 is 0 Å². The molecule has 1 aromatic heterocycles. The fourth-order valence-electron chi connectivity index (χ4n) is 2.25. The second kappa shape index (κ2) is 5.82. The largest absolute Gasteiger partial charge is 0.381 e. The Kier molecular flexibility index (Phi) is 4.13. The molecule has 0 aliphatic carbocycles. The van der Waals surface area contributed by atoms with Gasteiger partial charge in [0.2, 0.25) is 5.91 Å². The van der Waals surface area contributed by atoms with Crippen LogP contribution in [0, 0.1) is 13.8 Å². The molecule has 0 radical (unpaired) electrons. The highest BCUT2D eigenvalue weighted by molar-refractivity contribution is 5.76. The summed E-state index contributed by atoms with van der Waals surface area (Å²) in [4.78, 5) is 10.8. The van der Waals surface area contributed by atoms with Gasteiger partial charge in [-0.15, -0.1) is 0 Å². The summed E-state index contributed by atoms with van der Waals surface area (Å²) in [7, 11) is 2.08. The van der Waals surface area contributed by atoms with Crippen molar-refractivity contribution in [1.82, 2.24) is 4.57 Å². The van der Waals surface area contributed by atoms with Gasteiger partial charge in [0.1, 0.15) is 0 Å². The van der Waals surface area contributed by atoms with Crippen LogP contribution in [0.4, 0.5) is 5.69 Å². The summed E-state index contributed by atoms with van der Waals surface area (Å²) in [6.45, 7) is 5.03. The minimum absolute atomic E-state index is 0.289. The summed E-state index contributed by atoms with van der Waals surface area (Å²) in [6.07, 6.45) is 0.289. The fourth-order valence-corrected chi connectivity index (χ4v) is 2.25. The van der Waals surface area contributed by atoms with Crippen molar-refractivity contribution in [3.8, 4) is 0 Å². The molecule has 0 unspecified atom stereocenters. The van der Waals surface area contributed by atoms with Crippen LogP contribution in [0.15, 0.2) is 30.3 Å². The first kappa shape index (κ1) is 14.2. The third kappa shape index (κ3) is 3.20. The molecule has 0 fully saturated rings. The van der Waals surface area contributed by atoms with Crippen molar-refractivity contribution in [3.05, 3.63) is 52.8 Å². The molecule has 1 aromatic carbocycles. The number of rotatable bonds is 5. The molecule has 2 rings (SSSR count). The van der Waals surface area contributed by atoms with E-state index < -0.39 is 0 Å². The standard InChI is InChI=1S/C16H21N3O/c1-11-8-14(12(2)19(11)3)10-18-15-6-4-13(5-7-15)9-16(17)20/h4-8,18H,9-10H2,1-3H3,(H2,17,20). The minimum Gasteiger partial charge on any atom is -0.381 e. The molecule has 0 aliphatic heterocycles. The maximum Gasteiger partial charge on any atom is 0.221 e. The predicted octanol–water partition coefficient (Wildman–Crippen LogP) is 2.28. The minimum atomic E-state index is -0.305. The number of nitrogens with one attached hydrogen (secondary N) is 1. The summed E-state index contributed by atoms with van der Waals surface area (Å²) in [6, 6.07) is 10.0. The van der Waals surface area contributed by atoms with E-state index in [4.69, 9.17) is 5.73 Å². The number of carbonyl (C=O) groups excluding carboxylic acids is 1. The molecule has 0 aliphatic rings. The van der Waals surface area contributed by atoms with Gasteiger partial charge in [-0.05, 0) is 43.2 Å². The summed E-state index contributed by atoms with van der Waals surface area (Å²) in [5.74, 6) is -0.305. The van der Waals surface area contributed by atoms with Crippen molar-refractivity contribution < 1.29 is 4.79 Å². The van der Waals surface area contributed by atoms with Crippen molar-refractivity contribution in [1.29, 1.82) is 0 Å². The first-order chi connectivity index (χ1) is 9.47. The Bertz CT molecular complexity index is 611. The summed E-state index contributed by atoms with van der Waals surface area (Å²) in [5.41, 5.74) is 11.0.